The van der Waals surface area contributed by atoms with Crippen LogP contribution in [0.5, 0.6) is 0 Å². The summed E-state index contributed by atoms with van der Waals surface area (Å²) in [4.78, 5) is 22.2. The fraction of sp³-hybridized carbons (Fsp3) is 0.625. The first-order valence-electron chi connectivity index (χ1n) is 7.44. The number of unbranched alkanes of at least 4 members (excludes halogenated alkanes) is 3. The van der Waals surface area contributed by atoms with Crippen molar-refractivity contribution in [1.82, 2.24) is 5.32 Å². The average molecular weight is 281 g/mol. The molecule has 0 saturated carbocycles. The van der Waals surface area contributed by atoms with E-state index in [1.54, 1.807) is 0 Å². The molecule has 1 aliphatic carbocycles. The molecule has 1 aliphatic rings. The lowest BCUT2D eigenvalue weighted by Gasteiger charge is -2.08. The zero-order valence-corrected chi connectivity index (χ0v) is 12.3. The summed E-state index contributed by atoms with van der Waals surface area (Å²) in [6.07, 6.45) is 12.7. The Morgan fingerprint density at radius 1 is 1.25 bits per heavy atom. The molecule has 0 heterocycles. The van der Waals surface area contributed by atoms with Crippen molar-refractivity contribution < 1.29 is 15.8 Å². The number of carbonyl (C=O) groups is 2. The van der Waals surface area contributed by atoms with Crippen LogP contribution in [0, 0.1) is 0 Å². The van der Waals surface area contributed by atoms with Crippen LogP contribution in [0.15, 0.2) is 23.8 Å². The molecule has 0 atom stereocenters. The summed E-state index contributed by atoms with van der Waals surface area (Å²) in [5, 5.41) is 2.76. The Kier molecular flexibility index (Phi) is 8.43. The summed E-state index contributed by atoms with van der Waals surface area (Å²) in [7, 11) is 0. The van der Waals surface area contributed by atoms with Crippen LogP contribution in [0.2, 0.25) is 0 Å². The molecule has 0 aliphatic heterocycles. The second kappa shape index (κ2) is 10.2. The first kappa shape index (κ1) is 16.5. The molecule has 1 N–H and O–H groups in total. The number of carbonyl (C=O) groups excluding carboxylic acids is 2. The number of ether oxygens (including phenoxy) is 1. The lowest BCUT2D eigenvalue weighted by molar-refractivity contribution is -0.142. The summed E-state index contributed by atoms with van der Waals surface area (Å²) in [5.41, 5.74) is 1.10. The molecular weight excluding hydrogens is 254 g/mol. The van der Waals surface area contributed by atoms with Crippen LogP contribution in [0.25, 0.3) is 0 Å². The van der Waals surface area contributed by atoms with Crippen molar-refractivity contribution in [1.29, 1.82) is 0 Å². The first-order chi connectivity index (χ1) is 9.68. The van der Waals surface area contributed by atoms with Crippen LogP contribution in [-0.2, 0) is 14.3 Å². The predicted octanol–water partition coefficient (Wildman–Crippen LogP) is 3.14. The fourth-order valence-electron chi connectivity index (χ4n) is 2.02. The molecule has 0 aromatic heterocycles. The highest BCUT2D eigenvalue weighted by molar-refractivity contribution is 5.72. The van der Waals surface area contributed by atoms with Crippen LogP contribution < -0.4 is 5.32 Å². The van der Waals surface area contributed by atoms with E-state index in [4.69, 9.17) is 4.74 Å². The summed E-state index contributed by atoms with van der Waals surface area (Å²) in [5.74, 6) is -0.105. The van der Waals surface area contributed by atoms with Gasteiger partial charge in [0.05, 0.1) is 0 Å². The largest absolute Gasteiger partial charge is 0.461 e. The number of esters is 1. The van der Waals surface area contributed by atoms with Gasteiger partial charge in [-0.05, 0) is 31.3 Å². The minimum Gasteiger partial charge on any atom is -0.461 e. The van der Waals surface area contributed by atoms with E-state index in [2.05, 4.69) is 17.5 Å². The van der Waals surface area contributed by atoms with Crippen molar-refractivity contribution in [2.24, 2.45) is 0 Å². The lowest BCUT2D eigenvalue weighted by Crippen LogP contribution is -2.20. The molecule has 0 bridgehead atoms. The van der Waals surface area contributed by atoms with Crippen molar-refractivity contribution in [3.05, 3.63) is 23.8 Å². The highest BCUT2D eigenvalue weighted by Crippen LogP contribution is 2.10. The molecule has 0 unspecified atom stereocenters. The summed E-state index contributed by atoms with van der Waals surface area (Å²) in [6.45, 7) is 2.64. The number of hydrogen-bond acceptors (Lipinski definition) is 3. The Hall–Kier alpha value is -1.58. The van der Waals surface area contributed by atoms with Crippen molar-refractivity contribution in [3.8, 4) is 0 Å². The van der Waals surface area contributed by atoms with Crippen molar-refractivity contribution in [2.75, 3.05) is 13.2 Å². The predicted molar refractivity (Wildman–Crippen MR) is 81.3 cm³/mol. The van der Waals surface area contributed by atoms with E-state index in [1.807, 2.05) is 6.08 Å². The number of amides is 1. The smallest absolute Gasteiger partial charge is 0.306 e. The molecule has 20 heavy (non-hydrogen) atoms. The molecular formula is C16H27NO3. The fourth-order valence-corrected chi connectivity index (χ4v) is 2.02. The number of hydrogen-bond donors (Lipinski definition) is 1. The second-order valence-electron chi connectivity index (χ2n) is 5.07. The quantitative estimate of drug-likeness (QED) is 0.522. The van der Waals surface area contributed by atoms with Crippen LogP contribution >= 0.6 is 0 Å². The molecule has 4 nitrogen and oxygen atoms in total. The zero-order chi connectivity index (χ0) is 14.6. The number of rotatable bonds is 9. The van der Waals surface area contributed by atoms with Gasteiger partial charge < -0.3 is 10.1 Å². The second-order valence-corrected chi connectivity index (χ2v) is 5.07. The third-order valence-corrected chi connectivity index (χ3v) is 3.15. The van der Waals surface area contributed by atoms with Gasteiger partial charge in [-0.1, -0.05) is 31.1 Å². The standard InChI is InChI=1S/C16H25NO3.H2/c1-14(18)17-12-8-3-2-7-11-16(19)20-13-15-9-5-4-6-10-15;/h5,9-10H,2-4,6-8,11-13H2,1H3,(H,17,18);1H. The molecule has 0 aromatic rings. The van der Waals surface area contributed by atoms with Gasteiger partial charge in [-0.15, -0.1) is 0 Å². The van der Waals surface area contributed by atoms with E-state index in [1.165, 1.54) is 6.92 Å². The molecule has 0 fully saturated rings. The van der Waals surface area contributed by atoms with E-state index >= 15 is 0 Å². The van der Waals surface area contributed by atoms with E-state index in [0.717, 1.165) is 50.6 Å². The summed E-state index contributed by atoms with van der Waals surface area (Å²) >= 11 is 0. The molecule has 0 spiro atoms. The van der Waals surface area contributed by atoms with Gasteiger partial charge in [0.2, 0.25) is 5.91 Å². The Labute approximate surface area is 122 Å². The Morgan fingerprint density at radius 2 is 2.05 bits per heavy atom. The minimum atomic E-state index is -0.119. The SMILES string of the molecule is CC(=O)NCCCCCCC(=O)OCC1=CCCC=C1.[HH]. The van der Waals surface area contributed by atoms with E-state index in [9.17, 15) is 9.59 Å². The number of allylic oxidation sites excluding steroid dienone is 2. The van der Waals surface area contributed by atoms with Crippen molar-refractivity contribution in [3.63, 3.8) is 0 Å². The molecule has 0 aromatic carbocycles. The summed E-state index contributed by atoms with van der Waals surface area (Å²) < 4.78 is 5.23. The third kappa shape index (κ3) is 8.51. The third-order valence-electron chi connectivity index (χ3n) is 3.15. The van der Waals surface area contributed by atoms with Crippen LogP contribution in [-0.4, -0.2) is 25.0 Å². The van der Waals surface area contributed by atoms with Gasteiger partial charge in [0.25, 0.3) is 0 Å². The topological polar surface area (TPSA) is 55.4 Å². The van der Waals surface area contributed by atoms with Crippen LogP contribution in [0.1, 0.15) is 53.3 Å². The Balaban J connectivity index is 0.00000400. The Bertz CT molecular complexity index is 378. The molecule has 1 rings (SSSR count). The van der Waals surface area contributed by atoms with Crippen LogP contribution in [0.3, 0.4) is 0 Å². The minimum absolute atomic E-state index is 0. The van der Waals surface area contributed by atoms with Gasteiger partial charge in [-0.3, -0.25) is 9.59 Å². The van der Waals surface area contributed by atoms with Gasteiger partial charge in [-0.2, -0.15) is 0 Å². The maximum absolute atomic E-state index is 11.5. The van der Waals surface area contributed by atoms with E-state index in [0.29, 0.717) is 13.0 Å². The maximum atomic E-state index is 11.5. The van der Waals surface area contributed by atoms with Crippen molar-refractivity contribution in [2.45, 2.75) is 51.9 Å². The zero-order valence-electron chi connectivity index (χ0n) is 12.3. The molecule has 0 radical (unpaired) electrons. The normalized spacial score (nSPS) is 13.8. The van der Waals surface area contributed by atoms with E-state index < -0.39 is 0 Å². The molecule has 0 saturated heterocycles. The summed E-state index contributed by atoms with van der Waals surface area (Å²) in [6, 6.07) is 0. The highest BCUT2D eigenvalue weighted by Gasteiger charge is 2.04. The first-order valence-corrected chi connectivity index (χ1v) is 7.44. The Morgan fingerprint density at radius 3 is 2.75 bits per heavy atom. The maximum Gasteiger partial charge on any atom is 0.306 e. The highest BCUT2D eigenvalue weighted by atomic mass is 16.5. The molecule has 1 amide bonds. The van der Waals surface area contributed by atoms with Gasteiger partial charge in [0.1, 0.15) is 6.61 Å². The van der Waals surface area contributed by atoms with Gasteiger partial charge in [-0.25, -0.2) is 0 Å². The van der Waals surface area contributed by atoms with E-state index in [-0.39, 0.29) is 13.3 Å². The lowest BCUT2D eigenvalue weighted by atomic mass is 10.1. The van der Waals surface area contributed by atoms with Crippen molar-refractivity contribution >= 4 is 11.9 Å². The van der Waals surface area contributed by atoms with Gasteiger partial charge in [0.15, 0.2) is 0 Å². The number of nitrogens with one attached hydrogen (secondary N) is 1. The molecule has 114 valence electrons. The van der Waals surface area contributed by atoms with Gasteiger partial charge >= 0.3 is 5.97 Å². The van der Waals surface area contributed by atoms with Gasteiger partial charge in [0, 0.05) is 21.3 Å². The van der Waals surface area contributed by atoms with Crippen LogP contribution in [0.4, 0.5) is 0 Å². The monoisotopic (exact) mass is 281 g/mol. The average Bonchev–Trinajstić information content (AvgIpc) is 2.45. The molecule has 4 heteroatoms.